The van der Waals surface area contributed by atoms with Gasteiger partial charge in [0.2, 0.25) is 10.8 Å². The summed E-state index contributed by atoms with van der Waals surface area (Å²) in [6.45, 7) is 8.40. The van der Waals surface area contributed by atoms with Crippen LogP contribution in [-0.4, -0.2) is 32.8 Å². The van der Waals surface area contributed by atoms with E-state index in [0.29, 0.717) is 34.6 Å². The lowest BCUT2D eigenvalue weighted by atomic mass is 9.89. The highest BCUT2D eigenvalue weighted by atomic mass is 32.1. The van der Waals surface area contributed by atoms with Gasteiger partial charge in [-0.1, -0.05) is 44.2 Å². The van der Waals surface area contributed by atoms with E-state index >= 15 is 0 Å². The van der Waals surface area contributed by atoms with E-state index in [9.17, 15) is 9.50 Å². The van der Waals surface area contributed by atoms with Crippen molar-refractivity contribution in [1.29, 1.82) is 0 Å². The molecule has 2 aromatic heterocycles. The van der Waals surface area contributed by atoms with Crippen LogP contribution in [0.15, 0.2) is 24.3 Å². The molecule has 7 heteroatoms. The summed E-state index contributed by atoms with van der Waals surface area (Å²) in [6, 6.07) is 6.66. The highest BCUT2D eigenvalue weighted by molar-refractivity contribution is 7.17. The summed E-state index contributed by atoms with van der Waals surface area (Å²) in [5.74, 6) is 1.70. The number of hydrogen-bond acceptors (Lipinski definition) is 4. The molecule has 0 unspecified atom stereocenters. The number of thiazole rings is 1. The maximum atomic E-state index is 14.8. The minimum absolute atomic E-state index is 0.0915. The van der Waals surface area contributed by atoms with Gasteiger partial charge in [0.15, 0.2) is 11.9 Å². The zero-order valence-corrected chi connectivity index (χ0v) is 16.8. The summed E-state index contributed by atoms with van der Waals surface area (Å²) in [6.07, 6.45) is 1.90. The number of rotatable bonds is 4. The Morgan fingerprint density at radius 1 is 1.30 bits per heavy atom. The van der Waals surface area contributed by atoms with Crippen LogP contribution in [-0.2, 0) is 6.42 Å². The van der Waals surface area contributed by atoms with E-state index in [4.69, 9.17) is 0 Å². The zero-order valence-electron chi connectivity index (χ0n) is 15.9. The molecule has 3 heterocycles. The third-order valence-corrected chi connectivity index (χ3v) is 6.56. The molecule has 3 aromatic rings. The number of likely N-dealkylation sites (tertiary alicyclic amines) is 1. The summed E-state index contributed by atoms with van der Waals surface area (Å²) in [5, 5.41) is 15.3. The van der Waals surface area contributed by atoms with Crippen LogP contribution in [0.5, 0.6) is 5.88 Å². The Morgan fingerprint density at radius 3 is 2.63 bits per heavy atom. The van der Waals surface area contributed by atoms with Crippen LogP contribution in [0.3, 0.4) is 0 Å². The van der Waals surface area contributed by atoms with Gasteiger partial charge in [0.25, 0.3) is 0 Å². The average Bonchev–Trinajstić information content (AvgIpc) is 3.16. The predicted molar refractivity (Wildman–Crippen MR) is 104 cm³/mol. The highest BCUT2D eigenvalue weighted by Gasteiger charge is 2.38. The second-order valence-electron chi connectivity index (χ2n) is 7.83. The first-order valence-corrected chi connectivity index (χ1v) is 10.5. The van der Waals surface area contributed by atoms with Gasteiger partial charge in [-0.15, -0.1) is 5.10 Å². The van der Waals surface area contributed by atoms with Crippen LogP contribution in [0.4, 0.5) is 4.39 Å². The van der Waals surface area contributed by atoms with Crippen molar-refractivity contribution in [1.82, 2.24) is 14.6 Å². The molecule has 0 aliphatic carbocycles. The van der Waals surface area contributed by atoms with E-state index in [-0.39, 0.29) is 17.7 Å². The second-order valence-corrected chi connectivity index (χ2v) is 8.84. The molecule has 5 nitrogen and oxygen atoms in total. The SMILES string of the molecule is CCc1nc2sc([C@H](c3ccccc3F)[NH+]3C[C@@H](C)C[C@H](C)C3)c(O)n2n1. The van der Waals surface area contributed by atoms with E-state index in [1.54, 1.807) is 6.07 Å². The van der Waals surface area contributed by atoms with E-state index in [0.717, 1.165) is 18.0 Å². The van der Waals surface area contributed by atoms with Gasteiger partial charge in [-0.3, -0.25) is 0 Å². The maximum Gasteiger partial charge on any atom is 0.235 e. The Hall–Kier alpha value is -1.99. The minimum Gasteiger partial charge on any atom is -0.492 e. The van der Waals surface area contributed by atoms with Crippen LogP contribution < -0.4 is 4.90 Å². The van der Waals surface area contributed by atoms with Crippen LogP contribution in [0.2, 0.25) is 0 Å². The van der Waals surface area contributed by atoms with E-state index in [1.165, 1.54) is 33.2 Å². The predicted octanol–water partition coefficient (Wildman–Crippen LogP) is 2.85. The molecule has 1 fully saturated rings. The lowest BCUT2D eigenvalue weighted by molar-refractivity contribution is -0.937. The van der Waals surface area contributed by atoms with Gasteiger partial charge in [-0.25, -0.2) is 9.37 Å². The van der Waals surface area contributed by atoms with Crippen molar-refractivity contribution < 1.29 is 14.4 Å². The Kier molecular flexibility index (Phi) is 4.90. The van der Waals surface area contributed by atoms with Gasteiger partial charge in [0.1, 0.15) is 10.7 Å². The minimum atomic E-state index is -0.255. The molecule has 4 rings (SSSR count). The Labute approximate surface area is 162 Å². The average molecular weight is 390 g/mol. The zero-order chi connectivity index (χ0) is 19.1. The summed E-state index contributed by atoms with van der Waals surface area (Å²) in [5.41, 5.74) is 0.629. The number of aromatic hydroxyl groups is 1. The number of halogens is 1. The number of piperidine rings is 1. The monoisotopic (exact) mass is 389 g/mol. The molecule has 0 bridgehead atoms. The van der Waals surface area contributed by atoms with Crippen LogP contribution in [0.25, 0.3) is 4.96 Å². The summed E-state index contributed by atoms with van der Waals surface area (Å²) < 4.78 is 16.3. The molecule has 0 spiro atoms. The molecule has 27 heavy (non-hydrogen) atoms. The van der Waals surface area contributed by atoms with Gasteiger partial charge in [-0.05, 0) is 18.6 Å². The van der Waals surface area contributed by atoms with Gasteiger partial charge in [0.05, 0.1) is 18.7 Å². The van der Waals surface area contributed by atoms with Crippen molar-refractivity contribution in [3.63, 3.8) is 0 Å². The molecule has 1 aliphatic rings. The Bertz CT molecular complexity index is 943. The third-order valence-electron chi connectivity index (χ3n) is 5.47. The quantitative estimate of drug-likeness (QED) is 0.721. The molecular formula is C20H26FN4OS+. The third kappa shape index (κ3) is 3.34. The normalized spacial score (nSPS) is 24.4. The molecule has 1 aromatic carbocycles. The first-order chi connectivity index (χ1) is 13.0. The van der Waals surface area contributed by atoms with Crippen LogP contribution in [0.1, 0.15) is 49.5 Å². The largest absolute Gasteiger partial charge is 0.492 e. The number of nitrogens with zero attached hydrogens (tertiary/aromatic N) is 3. The second kappa shape index (κ2) is 7.20. The molecule has 0 saturated carbocycles. The van der Waals surface area contributed by atoms with Crippen LogP contribution in [0, 0.1) is 17.7 Å². The Balaban J connectivity index is 1.84. The van der Waals surface area contributed by atoms with Crippen molar-refractivity contribution in [3.05, 3.63) is 46.3 Å². The highest BCUT2D eigenvalue weighted by Crippen LogP contribution is 2.36. The Morgan fingerprint density at radius 2 is 2.00 bits per heavy atom. The first kappa shape index (κ1) is 18.4. The summed E-state index contributed by atoms with van der Waals surface area (Å²) in [4.78, 5) is 7.20. The van der Waals surface area contributed by atoms with Crippen LogP contribution >= 0.6 is 11.3 Å². The van der Waals surface area contributed by atoms with Crippen molar-refractivity contribution >= 4 is 16.3 Å². The van der Waals surface area contributed by atoms with Gasteiger partial charge in [-0.2, -0.15) is 4.52 Å². The van der Waals surface area contributed by atoms with E-state index in [2.05, 4.69) is 23.9 Å². The fraction of sp³-hybridized carbons (Fsp3) is 0.500. The number of hydrogen-bond donors (Lipinski definition) is 2. The van der Waals surface area contributed by atoms with E-state index in [1.807, 2.05) is 19.1 Å². The van der Waals surface area contributed by atoms with Gasteiger partial charge < -0.3 is 10.0 Å². The van der Waals surface area contributed by atoms with Crippen molar-refractivity contribution in [2.75, 3.05) is 13.1 Å². The van der Waals surface area contributed by atoms with Crippen molar-refractivity contribution in [2.45, 2.75) is 39.7 Å². The molecule has 0 radical (unpaired) electrons. The molecular weight excluding hydrogens is 363 g/mol. The molecule has 1 aliphatic heterocycles. The summed E-state index contributed by atoms with van der Waals surface area (Å²) in [7, 11) is 0. The number of nitrogens with one attached hydrogen (secondary N) is 1. The lowest BCUT2D eigenvalue weighted by Gasteiger charge is -2.37. The van der Waals surface area contributed by atoms with Gasteiger partial charge >= 0.3 is 0 Å². The molecule has 1 saturated heterocycles. The standard InChI is InChI=1S/C20H25FN4OS/c1-4-16-22-20-25(23-16)19(26)18(27-20)17(14-7-5-6-8-15(14)21)24-10-12(2)9-13(3)11-24/h5-8,12-13,17,26H,4,9-11H2,1-3H3/p+1/t12-,13-,17-/m0/s1. The number of aromatic nitrogens is 3. The fourth-order valence-electron chi connectivity index (χ4n) is 4.45. The van der Waals surface area contributed by atoms with Gasteiger partial charge in [0, 0.05) is 18.3 Å². The molecule has 3 atom stereocenters. The molecule has 0 amide bonds. The maximum absolute atomic E-state index is 14.8. The number of aryl methyl sites for hydroxylation is 1. The molecule has 144 valence electrons. The van der Waals surface area contributed by atoms with Crippen molar-refractivity contribution in [2.24, 2.45) is 11.8 Å². The van der Waals surface area contributed by atoms with Crippen molar-refractivity contribution in [3.8, 4) is 5.88 Å². The first-order valence-electron chi connectivity index (χ1n) is 9.64. The lowest BCUT2D eigenvalue weighted by Crippen LogP contribution is -3.14. The fourth-order valence-corrected chi connectivity index (χ4v) is 5.60. The molecule has 2 N–H and O–H groups in total. The topological polar surface area (TPSA) is 54.9 Å². The number of quaternary nitrogens is 1. The number of benzene rings is 1. The summed E-state index contributed by atoms with van der Waals surface area (Å²) >= 11 is 1.42. The number of fused-ring (bicyclic) bond motifs is 1. The smallest absolute Gasteiger partial charge is 0.235 e. The van der Waals surface area contributed by atoms with E-state index < -0.39 is 0 Å².